The van der Waals surface area contributed by atoms with Gasteiger partial charge in [0.25, 0.3) is 0 Å². The zero-order chi connectivity index (χ0) is 14.9. The molecule has 5 nitrogen and oxygen atoms in total. The van der Waals surface area contributed by atoms with Gasteiger partial charge in [0.15, 0.2) is 12.9 Å². The summed E-state index contributed by atoms with van der Waals surface area (Å²) in [6.45, 7) is 0.521. The smallest absolute Gasteiger partial charge is 0.305 e. The van der Waals surface area contributed by atoms with Crippen LogP contribution in [0.15, 0.2) is 17.5 Å². The van der Waals surface area contributed by atoms with Gasteiger partial charge in [0, 0.05) is 0 Å². The van der Waals surface area contributed by atoms with Crippen LogP contribution in [0.1, 0.15) is 63.6 Å². The monoisotopic (exact) mass is 294 g/mol. The Labute approximate surface area is 127 Å². The highest BCUT2D eigenvalue weighted by Crippen LogP contribution is 2.19. The average molecular weight is 294 g/mol. The van der Waals surface area contributed by atoms with Crippen LogP contribution in [0.25, 0.3) is 0 Å². The first-order valence-electron chi connectivity index (χ1n) is 8.15. The van der Waals surface area contributed by atoms with E-state index < -0.39 is 0 Å². The van der Waals surface area contributed by atoms with Crippen molar-refractivity contribution in [2.45, 2.75) is 70.6 Å². The second kappa shape index (κ2) is 8.82. The lowest BCUT2D eigenvalue weighted by atomic mass is 9.99. The van der Waals surface area contributed by atoms with Gasteiger partial charge in [-0.15, -0.1) is 0 Å². The van der Waals surface area contributed by atoms with Crippen LogP contribution in [0.3, 0.4) is 0 Å². The molecule has 0 bridgehead atoms. The Morgan fingerprint density at radius 1 is 1.24 bits per heavy atom. The summed E-state index contributed by atoms with van der Waals surface area (Å²) in [5.41, 5.74) is 0. The number of oxime groups is 1. The second-order valence-electron chi connectivity index (χ2n) is 5.95. The van der Waals surface area contributed by atoms with E-state index >= 15 is 0 Å². The molecular weight excluding hydrogens is 266 g/mol. The van der Waals surface area contributed by atoms with Crippen LogP contribution in [0.2, 0.25) is 0 Å². The van der Waals surface area contributed by atoms with Crippen LogP contribution >= 0.6 is 0 Å². The van der Waals surface area contributed by atoms with E-state index in [9.17, 15) is 0 Å². The number of rotatable bonds is 4. The summed E-state index contributed by atoms with van der Waals surface area (Å²) in [5.74, 6) is 0.831. The van der Waals surface area contributed by atoms with Crippen molar-refractivity contribution in [2.24, 2.45) is 12.2 Å². The molecule has 1 aliphatic carbocycles. The van der Waals surface area contributed by atoms with Gasteiger partial charge >= 0.3 is 5.82 Å². The van der Waals surface area contributed by atoms with Crippen molar-refractivity contribution in [3.05, 3.63) is 18.2 Å². The highest BCUT2D eigenvalue weighted by Gasteiger charge is 2.16. The summed E-state index contributed by atoms with van der Waals surface area (Å²) in [7, 11) is 1.93. The number of ether oxygens (including phenoxy) is 1. The van der Waals surface area contributed by atoms with E-state index in [1.807, 2.05) is 28.6 Å². The Balaban J connectivity index is 1.87. The van der Waals surface area contributed by atoms with Crippen molar-refractivity contribution in [2.75, 3.05) is 0 Å². The molecule has 0 saturated heterocycles. The zero-order valence-electron chi connectivity index (χ0n) is 13.1. The first-order chi connectivity index (χ1) is 10.3. The number of hydrogen-bond donors (Lipinski definition) is 1. The van der Waals surface area contributed by atoms with Gasteiger partial charge in [-0.05, 0) is 12.8 Å². The Morgan fingerprint density at radius 2 is 1.86 bits per heavy atom. The Hall–Kier alpha value is -1.36. The van der Waals surface area contributed by atoms with Gasteiger partial charge in [0.1, 0.15) is 12.4 Å². The van der Waals surface area contributed by atoms with E-state index in [2.05, 4.69) is 5.16 Å². The maximum absolute atomic E-state index is 8.73. The normalized spacial score (nSPS) is 19.1. The molecule has 0 atom stereocenters. The molecule has 0 aliphatic heterocycles. The molecular formula is C16H28N3O2+. The Morgan fingerprint density at radius 3 is 2.48 bits per heavy atom. The van der Waals surface area contributed by atoms with E-state index in [4.69, 9.17) is 9.94 Å². The highest BCUT2D eigenvalue weighted by molar-refractivity contribution is 5.72. The first-order valence-corrected chi connectivity index (χ1v) is 8.15. The van der Waals surface area contributed by atoms with E-state index in [0.717, 1.165) is 18.7 Å². The first kappa shape index (κ1) is 16.0. The minimum absolute atomic E-state index is 0.356. The summed E-state index contributed by atoms with van der Waals surface area (Å²) in [5, 5.41) is 11.9. The summed E-state index contributed by atoms with van der Waals surface area (Å²) in [4.78, 5) is 0. The molecule has 1 heterocycles. The fourth-order valence-electron chi connectivity index (χ4n) is 2.99. The van der Waals surface area contributed by atoms with Crippen molar-refractivity contribution in [1.82, 2.24) is 4.57 Å². The van der Waals surface area contributed by atoms with Gasteiger partial charge in [-0.3, -0.25) is 0 Å². The van der Waals surface area contributed by atoms with Gasteiger partial charge in [0.05, 0.1) is 13.2 Å². The van der Waals surface area contributed by atoms with E-state index in [-0.39, 0.29) is 0 Å². The third-order valence-corrected chi connectivity index (χ3v) is 4.30. The molecule has 21 heavy (non-hydrogen) atoms. The van der Waals surface area contributed by atoms with Crippen LogP contribution in [0.4, 0.5) is 0 Å². The number of aromatic nitrogens is 2. The fourth-order valence-corrected chi connectivity index (χ4v) is 2.99. The third-order valence-electron chi connectivity index (χ3n) is 4.30. The van der Waals surface area contributed by atoms with Gasteiger partial charge in [-0.1, -0.05) is 50.1 Å². The maximum atomic E-state index is 8.73. The molecule has 2 rings (SSSR count). The van der Waals surface area contributed by atoms with Crippen molar-refractivity contribution in [3.63, 3.8) is 0 Å². The molecule has 5 heteroatoms. The van der Waals surface area contributed by atoms with Crippen LogP contribution in [-0.2, 0) is 18.5 Å². The van der Waals surface area contributed by atoms with Gasteiger partial charge in [0.2, 0.25) is 0 Å². The summed E-state index contributed by atoms with van der Waals surface area (Å²) < 4.78 is 9.99. The van der Waals surface area contributed by atoms with Crippen molar-refractivity contribution < 1.29 is 14.5 Å². The molecule has 1 N–H and O–H groups in total. The molecule has 0 aromatic carbocycles. The fraction of sp³-hybridized carbons (Fsp3) is 0.750. The van der Waals surface area contributed by atoms with E-state index in [1.165, 1.54) is 51.2 Å². The maximum Gasteiger partial charge on any atom is 0.305 e. The quantitative estimate of drug-likeness (QED) is 0.402. The lowest BCUT2D eigenvalue weighted by Crippen LogP contribution is -2.32. The molecule has 1 aromatic rings. The minimum atomic E-state index is 0.356. The average Bonchev–Trinajstić information content (AvgIpc) is 2.84. The number of aryl methyl sites for hydroxylation is 1. The number of imidazole rings is 1. The molecule has 1 saturated carbocycles. The predicted molar refractivity (Wildman–Crippen MR) is 81.4 cm³/mol. The zero-order valence-corrected chi connectivity index (χ0v) is 13.1. The molecule has 0 amide bonds. The third kappa shape index (κ3) is 5.16. The molecule has 0 spiro atoms. The van der Waals surface area contributed by atoms with Crippen LogP contribution in [-0.4, -0.2) is 22.1 Å². The standard InChI is InChI=1S/C16H27N3O2/c1-18-11-12-19(16(18)13-17-20)14-21-15-9-7-5-3-2-4-6-8-10-15/h11-13,15H,2-10,14H2,1H3/p+1. The SMILES string of the molecule is C[n+]1ccn(COC2CCCCCCCCC2)c1C=NO. The van der Waals surface area contributed by atoms with E-state index in [0.29, 0.717) is 12.8 Å². The highest BCUT2D eigenvalue weighted by atomic mass is 16.5. The molecule has 0 radical (unpaired) electrons. The Kier molecular flexibility index (Phi) is 6.73. The second-order valence-corrected chi connectivity index (χ2v) is 5.95. The number of nitrogens with zero attached hydrogens (tertiary/aromatic N) is 3. The number of hydrogen-bond acceptors (Lipinski definition) is 3. The topological polar surface area (TPSA) is 50.6 Å². The summed E-state index contributed by atoms with van der Waals surface area (Å²) in [6, 6.07) is 0. The van der Waals surface area contributed by atoms with Crippen molar-refractivity contribution in [3.8, 4) is 0 Å². The molecule has 1 aromatic heterocycles. The van der Waals surface area contributed by atoms with Crippen LogP contribution in [0, 0.1) is 0 Å². The molecule has 0 unspecified atom stereocenters. The predicted octanol–water partition coefficient (Wildman–Crippen LogP) is 2.99. The van der Waals surface area contributed by atoms with Crippen molar-refractivity contribution in [1.29, 1.82) is 0 Å². The van der Waals surface area contributed by atoms with Gasteiger partial charge in [-0.2, -0.15) is 0 Å². The molecule has 1 fully saturated rings. The summed E-state index contributed by atoms with van der Waals surface area (Å²) >= 11 is 0. The lowest BCUT2D eigenvalue weighted by Gasteiger charge is -2.18. The summed E-state index contributed by atoms with van der Waals surface area (Å²) in [6.07, 6.45) is 17.4. The lowest BCUT2D eigenvalue weighted by molar-refractivity contribution is -0.672. The van der Waals surface area contributed by atoms with Crippen LogP contribution in [0.5, 0.6) is 0 Å². The largest absolute Gasteiger partial charge is 0.411 e. The van der Waals surface area contributed by atoms with Gasteiger partial charge in [-0.25, -0.2) is 9.13 Å². The minimum Gasteiger partial charge on any atom is -0.411 e. The Bertz CT molecular complexity index is 433. The van der Waals surface area contributed by atoms with E-state index in [1.54, 1.807) is 0 Å². The van der Waals surface area contributed by atoms with Gasteiger partial charge < -0.3 is 9.94 Å². The van der Waals surface area contributed by atoms with Crippen molar-refractivity contribution >= 4 is 6.21 Å². The molecule has 118 valence electrons. The molecule has 1 aliphatic rings. The van der Waals surface area contributed by atoms with Crippen LogP contribution < -0.4 is 4.57 Å².